The molecule has 0 spiro atoms. The van der Waals surface area contributed by atoms with E-state index in [0.29, 0.717) is 0 Å². The van der Waals surface area contributed by atoms with E-state index in [2.05, 4.69) is 10.6 Å². The summed E-state index contributed by atoms with van der Waals surface area (Å²) in [4.78, 5) is 37.9. The Morgan fingerprint density at radius 1 is 0.889 bits per heavy atom. The summed E-state index contributed by atoms with van der Waals surface area (Å²) in [5.41, 5.74) is 0.712. The number of aliphatic hydroxyl groups excluding tert-OH is 1. The van der Waals surface area contributed by atoms with Gasteiger partial charge in [0.15, 0.2) is 0 Å². The second-order valence-corrected chi connectivity index (χ2v) is 10.6. The molecule has 0 aliphatic heterocycles. The van der Waals surface area contributed by atoms with Crippen LogP contribution in [-0.4, -0.2) is 58.3 Å². The van der Waals surface area contributed by atoms with Crippen LogP contribution < -0.4 is 10.6 Å². The van der Waals surface area contributed by atoms with Gasteiger partial charge in [0, 0.05) is 6.42 Å². The summed E-state index contributed by atoms with van der Waals surface area (Å²) in [6.45, 7) is 5.07. The molecule has 2 aromatic rings. The number of ether oxygens (including phenoxy) is 2. The van der Waals surface area contributed by atoms with Crippen molar-refractivity contribution in [1.29, 1.82) is 0 Å². The highest BCUT2D eigenvalue weighted by Gasteiger charge is 2.47. The first-order valence-electron chi connectivity index (χ1n) is 11.4. The molecular weight excluding hydrogens is 507 g/mol. The fourth-order valence-corrected chi connectivity index (χ4v) is 3.81. The first kappa shape index (κ1) is 29.4. The molecule has 2 aromatic carbocycles. The summed E-state index contributed by atoms with van der Waals surface area (Å²) in [7, 11) is 1.19. The minimum absolute atomic E-state index is 0.0974. The number of carbonyl (C=O) groups excluding carboxylic acids is 3. The van der Waals surface area contributed by atoms with Gasteiger partial charge in [-0.2, -0.15) is 0 Å². The standard InChI is InChI=1S/C26H32Cl2N2O6/c1-25(2,3)36-24(34)30-19(15-17-11-7-5-8-12-17)21(31)26(27,28)23(33)29-20(22(32)35-4)16-18-13-9-6-10-14-18/h5-14,19-21,31H,15-16H2,1-4H3,(H,29,33)(H,30,34)/t19-,20-,21+/m0/s1. The Morgan fingerprint density at radius 3 is 1.86 bits per heavy atom. The van der Waals surface area contributed by atoms with Gasteiger partial charge < -0.3 is 25.2 Å². The van der Waals surface area contributed by atoms with Crippen molar-refractivity contribution < 1.29 is 29.0 Å². The summed E-state index contributed by atoms with van der Waals surface area (Å²) in [5.74, 6) is -1.73. The maximum Gasteiger partial charge on any atom is 0.407 e. The van der Waals surface area contributed by atoms with Crippen LogP contribution in [0.5, 0.6) is 0 Å². The highest BCUT2D eigenvalue weighted by Crippen LogP contribution is 2.30. The van der Waals surface area contributed by atoms with Crippen LogP contribution in [0.25, 0.3) is 0 Å². The number of hydrogen-bond donors (Lipinski definition) is 3. The molecule has 3 atom stereocenters. The second kappa shape index (κ2) is 12.9. The first-order chi connectivity index (χ1) is 16.8. The van der Waals surface area contributed by atoms with Crippen molar-refractivity contribution in [2.24, 2.45) is 0 Å². The number of esters is 1. The maximum absolute atomic E-state index is 13.1. The highest BCUT2D eigenvalue weighted by molar-refractivity contribution is 6.58. The monoisotopic (exact) mass is 538 g/mol. The van der Waals surface area contributed by atoms with Gasteiger partial charge in [0.2, 0.25) is 4.33 Å². The van der Waals surface area contributed by atoms with Gasteiger partial charge in [0.25, 0.3) is 5.91 Å². The van der Waals surface area contributed by atoms with Gasteiger partial charge in [-0.15, -0.1) is 0 Å². The van der Waals surface area contributed by atoms with E-state index in [1.165, 1.54) is 7.11 Å². The average molecular weight is 539 g/mol. The number of halogens is 2. The van der Waals surface area contributed by atoms with Crippen molar-refractivity contribution >= 4 is 41.2 Å². The van der Waals surface area contributed by atoms with Crippen LogP contribution >= 0.6 is 23.2 Å². The van der Waals surface area contributed by atoms with Crippen LogP contribution in [0, 0.1) is 0 Å². The van der Waals surface area contributed by atoms with Gasteiger partial charge in [-0.05, 0) is 38.3 Å². The van der Waals surface area contributed by atoms with Gasteiger partial charge in [-0.25, -0.2) is 9.59 Å². The zero-order valence-corrected chi connectivity index (χ0v) is 22.2. The fraction of sp³-hybridized carbons (Fsp3) is 0.423. The van der Waals surface area contributed by atoms with Crippen molar-refractivity contribution in [3.63, 3.8) is 0 Å². The second-order valence-electron chi connectivity index (χ2n) is 9.25. The Morgan fingerprint density at radius 2 is 1.39 bits per heavy atom. The first-order valence-corrected chi connectivity index (χ1v) is 12.1. The van der Waals surface area contributed by atoms with Crippen LogP contribution in [0.2, 0.25) is 0 Å². The largest absolute Gasteiger partial charge is 0.467 e. The zero-order chi connectivity index (χ0) is 26.9. The lowest BCUT2D eigenvalue weighted by molar-refractivity contribution is -0.145. The van der Waals surface area contributed by atoms with Crippen molar-refractivity contribution in [2.75, 3.05) is 7.11 Å². The third-order valence-corrected chi connectivity index (χ3v) is 5.92. The van der Waals surface area contributed by atoms with Crippen molar-refractivity contribution in [1.82, 2.24) is 10.6 Å². The molecule has 10 heteroatoms. The molecule has 196 valence electrons. The molecule has 2 rings (SSSR count). The van der Waals surface area contributed by atoms with E-state index >= 15 is 0 Å². The van der Waals surface area contributed by atoms with E-state index in [0.717, 1.165) is 11.1 Å². The number of carbonyl (C=O) groups is 3. The van der Waals surface area contributed by atoms with Crippen LogP contribution in [0.3, 0.4) is 0 Å². The summed E-state index contributed by atoms with van der Waals surface area (Å²) in [5, 5.41) is 16.1. The Balaban J connectivity index is 2.24. The molecule has 36 heavy (non-hydrogen) atoms. The molecular formula is C26H32Cl2N2O6. The third kappa shape index (κ3) is 9.00. The molecule has 0 aliphatic carbocycles. The molecule has 3 N–H and O–H groups in total. The number of alkyl carbamates (subject to hydrolysis) is 1. The SMILES string of the molecule is COC(=O)[C@H](Cc1ccccc1)NC(=O)C(Cl)(Cl)[C@H](O)[C@H](Cc1ccccc1)NC(=O)OC(C)(C)C. The van der Waals surface area contributed by atoms with Crippen LogP contribution in [-0.2, 0) is 31.9 Å². The molecule has 0 saturated carbocycles. The number of alkyl halides is 2. The van der Waals surface area contributed by atoms with E-state index in [1.807, 2.05) is 12.1 Å². The Bertz CT molecular complexity index is 1010. The van der Waals surface area contributed by atoms with Crippen molar-refractivity contribution in [2.45, 2.75) is 61.7 Å². The molecule has 0 aromatic heterocycles. The zero-order valence-electron chi connectivity index (χ0n) is 20.7. The number of aliphatic hydroxyl groups is 1. The normalized spacial score (nSPS) is 14.2. The maximum atomic E-state index is 13.1. The number of hydrogen-bond acceptors (Lipinski definition) is 6. The third-order valence-electron chi connectivity index (χ3n) is 5.13. The fourth-order valence-electron chi connectivity index (χ4n) is 3.40. The summed E-state index contributed by atoms with van der Waals surface area (Å²) in [6, 6.07) is 15.7. The minimum atomic E-state index is -2.43. The van der Waals surface area contributed by atoms with Crippen molar-refractivity contribution in [3.05, 3.63) is 71.8 Å². The van der Waals surface area contributed by atoms with E-state index in [-0.39, 0.29) is 12.8 Å². The Hall–Kier alpha value is -2.81. The number of rotatable bonds is 10. The lowest BCUT2D eigenvalue weighted by Gasteiger charge is -2.33. The summed E-state index contributed by atoms with van der Waals surface area (Å²) in [6.07, 6.45) is -2.38. The quantitative estimate of drug-likeness (QED) is 0.314. The molecule has 0 radical (unpaired) electrons. The van der Waals surface area contributed by atoms with Crippen LogP contribution in [0.15, 0.2) is 60.7 Å². The van der Waals surface area contributed by atoms with E-state index < -0.39 is 46.1 Å². The smallest absolute Gasteiger partial charge is 0.407 e. The lowest BCUT2D eigenvalue weighted by atomic mass is 9.98. The topological polar surface area (TPSA) is 114 Å². The molecule has 8 nitrogen and oxygen atoms in total. The number of amides is 2. The minimum Gasteiger partial charge on any atom is -0.467 e. The average Bonchev–Trinajstić information content (AvgIpc) is 2.82. The molecule has 0 aliphatic rings. The highest BCUT2D eigenvalue weighted by atomic mass is 35.5. The van der Waals surface area contributed by atoms with E-state index in [9.17, 15) is 19.5 Å². The molecule has 0 bridgehead atoms. The molecule has 0 fully saturated rings. The summed E-state index contributed by atoms with van der Waals surface area (Å²) >= 11 is 12.7. The predicted octanol–water partition coefficient (Wildman–Crippen LogP) is 3.56. The van der Waals surface area contributed by atoms with Gasteiger partial charge in [-0.3, -0.25) is 4.79 Å². The van der Waals surface area contributed by atoms with E-state index in [4.69, 9.17) is 32.7 Å². The van der Waals surface area contributed by atoms with Crippen molar-refractivity contribution in [3.8, 4) is 0 Å². The summed E-state index contributed by atoms with van der Waals surface area (Å²) < 4.78 is 7.67. The molecule has 0 unspecified atom stereocenters. The van der Waals surface area contributed by atoms with Crippen LogP contribution in [0.4, 0.5) is 4.79 Å². The predicted molar refractivity (Wildman–Crippen MR) is 138 cm³/mol. The number of benzene rings is 2. The van der Waals surface area contributed by atoms with Gasteiger partial charge in [0.1, 0.15) is 17.7 Å². The molecule has 2 amide bonds. The molecule has 0 heterocycles. The van der Waals surface area contributed by atoms with E-state index in [1.54, 1.807) is 69.3 Å². The van der Waals surface area contributed by atoms with Gasteiger partial charge in [-0.1, -0.05) is 83.9 Å². The van der Waals surface area contributed by atoms with Crippen LogP contribution in [0.1, 0.15) is 31.9 Å². The molecule has 0 saturated heterocycles. The number of methoxy groups -OCH3 is 1. The van der Waals surface area contributed by atoms with Gasteiger partial charge >= 0.3 is 12.1 Å². The number of nitrogens with one attached hydrogen (secondary N) is 2. The lowest BCUT2D eigenvalue weighted by Crippen LogP contribution is -2.59. The van der Waals surface area contributed by atoms with Gasteiger partial charge in [0.05, 0.1) is 13.2 Å². The Labute approximate surface area is 221 Å². The Kier molecular flexibility index (Phi) is 10.6.